The topological polar surface area (TPSA) is 65.0 Å². The van der Waals surface area contributed by atoms with E-state index in [1.807, 2.05) is 24.3 Å². The van der Waals surface area contributed by atoms with Crippen molar-refractivity contribution in [3.8, 4) is 17.2 Å². The number of phenols is 1. The molecule has 0 bridgehead atoms. The molecular weight excluding hydrogens is 456 g/mol. The van der Waals surface area contributed by atoms with Crippen LogP contribution in [-0.4, -0.2) is 32.4 Å². The maximum Gasteiger partial charge on any atom is 0.258 e. The lowest BCUT2D eigenvalue weighted by atomic mass is 9.99. The van der Waals surface area contributed by atoms with E-state index in [0.29, 0.717) is 29.5 Å². The molecule has 35 heavy (non-hydrogen) atoms. The van der Waals surface area contributed by atoms with Crippen molar-refractivity contribution >= 4 is 14.1 Å². The molecule has 3 rings (SSSR count). The van der Waals surface area contributed by atoms with E-state index in [2.05, 4.69) is 47.6 Å². The largest absolute Gasteiger partial charge is 0.540 e. The maximum absolute atomic E-state index is 12.5. The van der Waals surface area contributed by atoms with Crippen LogP contribution in [0.5, 0.6) is 17.2 Å². The molecule has 0 aromatic heterocycles. The lowest BCUT2D eigenvalue weighted by Gasteiger charge is -2.42. The third kappa shape index (κ3) is 5.99. The van der Waals surface area contributed by atoms with E-state index >= 15 is 0 Å². The first-order valence-electron chi connectivity index (χ1n) is 12.6. The number of aryl methyl sites for hydroxylation is 1. The van der Waals surface area contributed by atoms with Gasteiger partial charge in [-0.1, -0.05) is 59.7 Å². The number of benzene rings is 2. The summed E-state index contributed by atoms with van der Waals surface area (Å²) in [7, 11) is -0.465. The van der Waals surface area contributed by atoms with Crippen LogP contribution in [0.4, 0.5) is 0 Å². The quantitative estimate of drug-likeness (QED) is 0.354. The molecule has 1 N–H and O–H groups in total. The van der Waals surface area contributed by atoms with Gasteiger partial charge in [-0.2, -0.15) is 0 Å². The SMILES string of the molecule is COc1ccc(CC[C@H]2O[C@H](c3ccc(O)cc3)C=CC2=O)cc1O[Si](C(C)C)(C(C)C)C(C)C. The molecule has 1 aliphatic rings. The zero-order valence-electron chi connectivity index (χ0n) is 22.1. The first-order valence-corrected chi connectivity index (χ1v) is 14.7. The van der Waals surface area contributed by atoms with Crippen molar-refractivity contribution in [1.82, 2.24) is 0 Å². The number of hydrogen-bond donors (Lipinski definition) is 1. The minimum Gasteiger partial charge on any atom is -0.540 e. The summed E-state index contributed by atoms with van der Waals surface area (Å²) < 4.78 is 18.7. The van der Waals surface area contributed by atoms with Crippen molar-refractivity contribution in [2.75, 3.05) is 7.11 Å². The number of rotatable bonds is 10. The van der Waals surface area contributed by atoms with Gasteiger partial charge in [-0.15, -0.1) is 0 Å². The first-order chi connectivity index (χ1) is 16.6. The second-order valence-corrected chi connectivity index (χ2v) is 15.7. The monoisotopic (exact) mass is 496 g/mol. The summed E-state index contributed by atoms with van der Waals surface area (Å²) in [6, 6.07) is 13.0. The highest BCUT2D eigenvalue weighted by molar-refractivity contribution is 6.78. The lowest BCUT2D eigenvalue weighted by Crippen LogP contribution is -2.50. The highest BCUT2D eigenvalue weighted by atomic mass is 28.4. The van der Waals surface area contributed by atoms with Gasteiger partial charge >= 0.3 is 0 Å². The van der Waals surface area contributed by atoms with Crippen LogP contribution in [0.1, 0.15) is 65.2 Å². The molecular formula is C29H40O5Si. The molecule has 1 aliphatic heterocycles. The Morgan fingerprint density at radius 1 is 0.943 bits per heavy atom. The number of ketones is 1. The summed E-state index contributed by atoms with van der Waals surface area (Å²) in [5.74, 6) is 1.73. The number of aromatic hydroxyl groups is 1. The van der Waals surface area contributed by atoms with Gasteiger partial charge in [0, 0.05) is 0 Å². The van der Waals surface area contributed by atoms with Gasteiger partial charge in [0.25, 0.3) is 8.32 Å². The Bertz CT molecular complexity index is 1000. The summed E-state index contributed by atoms with van der Waals surface area (Å²) in [6.07, 6.45) is 3.83. The first kappa shape index (κ1) is 27.0. The summed E-state index contributed by atoms with van der Waals surface area (Å²) in [4.78, 5) is 12.5. The molecule has 0 aliphatic carbocycles. The summed E-state index contributed by atoms with van der Waals surface area (Å²) in [5.41, 5.74) is 3.36. The summed E-state index contributed by atoms with van der Waals surface area (Å²) >= 11 is 0. The average molecular weight is 497 g/mol. The van der Waals surface area contributed by atoms with Gasteiger partial charge in [-0.25, -0.2) is 0 Å². The van der Waals surface area contributed by atoms with E-state index in [4.69, 9.17) is 13.9 Å². The van der Waals surface area contributed by atoms with E-state index < -0.39 is 14.4 Å². The van der Waals surface area contributed by atoms with Crippen molar-refractivity contribution < 1.29 is 23.8 Å². The zero-order valence-corrected chi connectivity index (χ0v) is 23.1. The van der Waals surface area contributed by atoms with E-state index in [9.17, 15) is 9.90 Å². The average Bonchev–Trinajstić information content (AvgIpc) is 2.82. The Morgan fingerprint density at radius 2 is 1.57 bits per heavy atom. The molecule has 0 amide bonds. The molecule has 0 saturated heterocycles. The third-order valence-corrected chi connectivity index (χ3v) is 13.2. The fourth-order valence-electron chi connectivity index (χ4n) is 5.44. The summed E-state index contributed by atoms with van der Waals surface area (Å²) in [6.45, 7) is 13.6. The van der Waals surface area contributed by atoms with Crippen LogP contribution in [-0.2, 0) is 16.0 Å². The molecule has 0 saturated carbocycles. The van der Waals surface area contributed by atoms with Gasteiger partial charge in [0.2, 0.25) is 0 Å². The Balaban J connectivity index is 1.78. The van der Waals surface area contributed by atoms with Crippen LogP contribution < -0.4 is 9.16 Å². The number of carbonyl (C=O) groups is 1. The molecule has 190 valence electrons. The van der Waals surface area contributed by atoms with Crippen molar-refractivity contribution in [1.29, 1.82) is 0 Å². The van der Waals surface area contributed by atoms with Crippen LogP contribution in [0.25, 0.3) is 0 Å². The third-order valence-electron chi connectivity index (χ3n) is 7.20. The van der Waals surface area contributed by atoms with Gasteiger partial charge in [0.15, 0.2) is 11.5 Å². The van der Waals surface area contributed by atoms with Gasteiger partial charge < -0.3 is 19.0 Å². The Kier molecular flexibility index (Phi) is 8.83. The smallest absolute Gasteiger partial charge is 0.258 e. The molecule has 5 nitrogen and oxygen atoms in total. The number of hydrogen-bond acceptors (Lipinski definition) is 5. The van der Waals surface area contributed by atoms with E-state index in [1.54, 1.807) is 31.4 Å². The number of methoxy groups -OCH3 is 1. The van der Waals surface area contributed by atoms with Crippen LogP contribution in [0, 0.1) is 0 Å². The molecule has 1 heterocycles. The molecule has 0 fully saturated rings. The van der Waals surface area contributed by atoms with Gasteiger partial charge in [0.1, 0.15) is 23.7 Å². The second kappa shape index (κ2) is 11.4. The van der Waals surface area contributed by atoms with Gasteiger partial charge in [-0.05, 0) is 77.0 Å². The van der Waals surface area contributed by atoms with Crippen molar-refractivity contribution in [3.63, 3.8) is 0 Å². The molecule has 0 spiro atoms. The lowest BCUT2D eigenvalue weighted by molar-refractivity contribution is -0.130. The van der Waals surface area contributed by atoms with Gasteiger partial charge in [-0.3, -0.25) is 4.79 Å². The predicted molar refractivity (Wildman–Crippen MR) is 143 cm³/mol. The van der Waals surface area contributed by atoms with Crippen LogP contribution in [0.3, 0.4) is 0 Å². The second-order valence-electron chi connectivity index (χ2n) is 10.3. The zero-order chi connectivity index (χ0) is 25.8. The fraction of sp³-hybridized carbons (Fsp3) is 0.483. The Labute approximate surface area is 211 Å². The van der Waals surface area contributed by atoms with E-state index in [1.165, 1.54) is 0 Å². The van der Waals surface area contributed by atoms with Crippen molar-refractivity contribution in [2.45, 2.75) is 83.2 Å². The summed E-state index contributed by atoms with van der Waals surface area (Å²) in [5, 5.41) is 9.55. The Morgan fingerprint density at radius 3 is 2.14 bits per heavy atom. The van der Waals surface area contributed by atoms with E-state index in [0.717, 1.165) is 22.6 Å². The normalized spacial score (nSPS) is 18.5. The molecule has 2 aromatic rings. The van der Waals surface area contributed by atoms with Crippen molar-refractivity contribution in [2.24, 2.45) is 0 Å². The molecule has 0 unspecified atom stereocenters. The maximum atomic E-state index is 12.5. The standard InChI is InChI=1S/C29H40O5Si/c1-19(2)35(20(3)4,21(5)6)34-29-18-22(9-16-28(29)32-7)8-15-27-25(31)14-17-26(33-27)23-10-12-24(30)13-11-23/h9-14,16-21,26-27,30H,8,15H2,1-7H3/t26-,27+/m0/s1. The van der Waals surface area contributed by atoms with Crippen molar-refractivity contribution in [3.05, 3.63) is 65.7 Å². The molecule has 0 radical (unpaired) electrons. The van der Waals surface area contributed by atoms with E-state index in [-0.39, 0.29) is 17.6 Å². The van der Waals surface area contributed by atoms with Crippen LogP contribution >= 0.6 is 0 Å². The predicted octanol–water partition coefficient (Wildman–Crippen LogP) is 7.15. The minimum absolute atomic E-state index is 0.0177. The molecule has 2 aromatic carbocycles. The molecule has 2 atom stereocenters. The minimum atomic E-state index is -2.14. The van der Waals surface area contributed by atoms with Crippen LogP contribution in [0.2, 0.25) is 16.6 Å². The number of ether oxygens (including phenoxy) is 2. The molecule has 6 heteroatoms. The highest BCUT2D eigenvalue weighted by Gasteiger charge is 2.47. The Hall–Kier alpha value is -2.57. The van der Waals surface area contributed by atoms with Gasteiger partial charge in [0.05, 0.1) is 7.11 Å². The number of phenolic OH excluding ortho intramolecular Hbond substituents is 1. The fourth-order valence-corrected chi connectivity index (χ4v) is 10.7. The number of carbonyl (C=O) groups excluding carboxylic acids is 1. The highest BCUT2D eigenvalue weighted by Crippen LogP contribution is 2.45. The van der Waals surface area contributed by atoms with Crippen LogP contribution in [0.15, 0.2) is 54.6 Å².